The number of hydrogen-bond acceptors (Lipinski definition) is 3. The van der Waals surface area contributed by atoms with Gasteiger partial charge in [-0.15, -0.1) is 0 Å². The Bertz CT molecular complexity index is 561. The molecule has 114 valence electrons. The predicted molar refractivity (Wildman–Crippen MR) is 78.6 cm³/mol. The molecule has 6 heteroatoms. The summed E-state index contributed by atoms with van der Waals surface area (Å²) in [5, 5.41) is 12.4. The topological polar surface area (TPSA) is 75.6 Å². The molecule has 1 amide bonds. The van der Waals surface area contributed by atoms with Crippen LogP contribution in [-0.4, -0.2) is 29.1 Å². The monoisotopic (exact) mass is 311 g/mol. The molecule has 1 aliphatic rings. The molecule has 3 unspecified atom stereocenters. The lowest BCUT2D eigenvalue weighted by atomic mass is 9.99. The average molecular weight is 312 g/mol. The first-order valence-electron chi connectivity index (χ1n) is 6.90. The van der Waals surface area contributed by atoms with Crippen LogP contribution in [0, 0.1) is 5.92 Å². The smallest absolute Gasteiger partial charge is 0.326 e. The lowest BCUT2D eigenvalue weighted by Crippen LogP contribution is -2.49. The highest BCUT2D eigenvalue weighted by atomic mass is 35.5. The lowest BCUT2D eigenvalue weighted by molar-refractivity contribution is -0.144. The minimum absolute atomic E-state index is 0.148. The maximum Gasteiger partial charge on any atom is 0.326 e. The third-order valence-electron chi connectivity index (χ3n) is 3.77. The van der Waals surface area contributed by atoms with Crippen LogP contribution in [-0.2, 0) is 16.0 Å². The van der Waals surface area contributed by atoms with Gasteiger partial charge in [0.15, 0.2) is 6.10 Å². The third kappa shape index (κ3) is 3.47. The standard InChI is InChI=1S/C15H18ClNO4/c1-3-8(2)13(15(19)20)17-14(18)12-7-9-6-10(16)4-5-11(9)21-12/h4-6,8,12-13H,3,7H2,1-2H3,(H,17,18)(H,19,20). The van der Waals surface area contributed by atoms with Crippen molar-refractivity contribution < 1.29 is 19.4 Å². The number of hydrogen-bond donors (Lipinski definition) is 2. The number of fused-ring (bicyclic) bond motifs is 1. The Kier molecular flexibility index (Phi) is 4.73. The fourth-order valence-electron chi connectivity index (χ4n) is 2.29. The summed E-state index contributed by atoms with van der Waals surface area (Å²) >= 11 is 5.90. The van der Waals surface area contributed by atoms with Crippen LogP contribution in [0.4, 0.5) is 0 Å². The van der Waals surface area contributed by atoms with Gasteiger partial charge in [0.05, 0.1) is 0 Å². The molecule has 2 rings (SSSR count). The van der Waals surface area contributed by atoms with E-state index in [1.807, 2.05) is 6.92 Å². The Morgan fingerprint density at radius 2 is 2.24 bits per heavy atom. The second-order valence-corrected chi connectivity index (χ2v) is 5.71. The first kappa shape index (κ1) is 15.6. The number of amides is 1. The Morgan fingerprint density at radius 1 is 1.52 bits per heavy atom. The molecule has 0 saturated heterocycles. The van der Waals surface area contributed by atoms with Crippen LogP contribution in [0.15, 0.2) is 18.2 Å². The van der Waals surface area contributed by atoms with Crippen molar-refractivity contribution in [1.29, 1.82) is 0 Å². The maximum absolute atomic E-state index is 12.2. The first-order chi connectivity index (χ1) is 9.92. The second-order valence-electron chi connectivity index (χ2n) is 5.27. The molecule has 1 aliphatic heterocycles. The zero-order valence-electron chi connectivity index (χ0n) is 11.9. The van der Waals surface area contributed by atoms with Crippen molar-refractivity contribution in [3.63, 3.8) is 0 Å². The highest BCUT2D eigenvalue weighted by molar-refractivity contribution is 6.30. The first-order valence-corrected chi connectivity index (χ1v) is 7.28. The van der Waals surface area contributed by atoms with Crippen LogP contribution in [0.5, 0.6) is 5.75 Å². The summed E-state index contributed by atoms with van der Waals surface area (Å²) in [6, 6.07) is 4.26. The zero-order chi connectivity index (χ0) is 15.6. The number of carbonyl (C=O) groups excluding carboxylic acids is 1. The molecule has 0 bridgehead atoms. The van der Waals surface area contributed by atoms with Gasteiger partial charge in [-0.1, -0.05) is 31.9 Å². The largest absolute Gasteiger partial charge is 0.480 e. The molecule has 0 radical (unpaired) electrons. The van der Waals surface area contributed by atoms with E-state index in [-0.39, 0.29) is 5.92 Å². The molecule has 0 aliphatic carbocycles. The van der Waals surface area contributed by atoms with Crippen LogP contribution < -0.4 is 10.1 Å². The fraction of sp³-hybridized carbons (Fsp3) is 0.467. The summed E-state index contributed by atoms with van der Waals surface area (Å²) in [4.78, 5) is 23.4. The minimum atomic E-state index is -1.03. The van der Waals surface area contributed by atoms with Crippen molar-refractivity contribution in [2.45, 2.75) is 38.8 Å². The van der Waals surface area contributed by atoms with E-state index in [1.54, 1.807) is 25.1 Å². The van der Waals surface area contributed by atoms with E-state index < -0.39 is 24.0 Å². The molecule has 1 heterocycles. The van der Waals surface area contributed by atoms with Gasteiger partial charge in [0.1, 0.15) is 11.8 Å². The van der Waals surface area contributed by atoms with Crippen LogP contribution in [0.1, 0.15) is 25.8 Å². The number of aliphatic carboxylic acids is 1. The Morgan fingerprint density at radius 3 is 2.86 bits per heavy atom. The quantitative estimate of drug-likeness (QED) is 0.874. The van der Waals surface area contributed by atoms with E-state index >= 15 is 0 Å². The van der Waals surface area contributed by atoms with Crippen LogP contribution in [0.3, 0.4) is 0 Å². The molecule has 0 aromatic heterocycles. The normalized spacial score (nSPS) is 19.3. The molecule has 2 N–H and O–H groups in total. The van der Waals surface area contributed by atoms with Crippen LogP contribution >= 0.6 is 11.6 Å². The summed E-state index contributed by atoms with van der Waals surface area (Å²) in [6.07, 6.45) is 0.358. The van der Waals surface area contributed by atoms with Gasteiger partial charge in [0.2, 0.25) is 0 Å². The third-order valence-corrected chi connectivity index (χ3v) is 4.00. The highest BCUT2D eigenvalue weighted by Gasteiger charge is 2.33. The van der Waals surface area contributed by atoms with Gasteiger partial charge in [0, 0.05) is 11.4 Å². The molecule has 1 aromatic carbocycles. The van der Waals surface area contributed by atoms with Gasteiger partial charge in [-0.3, -0.25) is 4.79 Å². The predicted octanol–water partition coefficient (Wildman–Crippen LogP) is 2.26. The van der Waals surface area contributed by atoms with E-state index in [9.17, 15) is 14.7 Å². The van der Waals surface area contributed by atoms with Crippen molar-refractivity contribution >= 4 is 23.5 Å². The number of nitrogens with one attached hydrogen (secondary N) is 1. The van der Waals surface area contributed by atoms with Crippen molar-refractivity contribution in [3.05, 3.63) is 28.8 Å². The number of rotatable bonds is 5. The Labute approximate surface area is 128 Å². The summed E-state index contributed by atoms with van der Waals surface area (Å²) in [7, 11) is 0. The van der Waals surface area contributed by atoms with Crippen molar-refractivity contribution in [3.8, 4) is 5.75 Å². The van der Waals surface area contributed by atoms with Crippen molar-refractivity contribution in [1.82, 2.24) is 5.32 Å². The average Bonchev–Trinajstić information content (AvgIpc) is 2.86. The van der Waals surface area contributed by atoms with Crippen molar-refractivity contribution in [2.75, 3.05) is 0 Å². The molecule has 0 spiro atoms. The number of carboxylic acid groups (broad SMARTS) is 1. The van der Waals surface area contributed by atoms with Gasteiger partial charge in [0.25, 0.3) is 5.91 Å². The fourth-order valence-corrected chi connectivity index (χ4v) is 2.49. The van der Waals surface area contributed by atoms with E-state index in [1.165, 1.54) is 0 Å². The molecule has 1 aromatic rings. The summed E-state index contributed by atoms with van der Waals surface area (Å²) in [6.45, 7) is 3.68. The molecule has 0 saturated carbocycles. The van der Waals surface area contributed by atoms with E-state index in [4.69, 9.17) is 16.3 Å². The van der Waals surface area contributed by atoms with E-state index in [0.29, 0.717) is 23.6 Å². The molecule has 0 fully saturated rings. The number of benzene rings is 1. The SMILES string of the molecule is CCC(C)C(NC(=O)C1Cc2cc(Cl)ccc2O1)C(=O)O. The van der Waals surface area contributed by atoms with Gasteiger partial charge < -0.3 is 15.2 Å². The van der Waals surface area contributed by atoms with Gasteiger partial charge in [-0.25, -0.2) is 4.79 Å². The molecule has 5 nitrogen and oxygen atoms in total. The van der Waals surface area contributed by atoms with Gasteiger partial charge >= 0.3 is 5.97 Å². The second kappa shape index (κ2) is 6.35. The van der Waals surface area contributed by atoms with Gasteiger partial charge in [-0.05, 0) is 29.7 Å². The summed E-state index contributed by atoms with van der Waals surface area (Å²) < 4.78 is 5.55. The highest BCUT2D eigenvalue weighted by Crippen LogP contribution is 2.31. The molecular formula is C15H18ClNO4. The number of ether oxygens (including phenoxy) is 1. The Balaban J connectivity index is 2.04. The Hall–Kier alpha value is -1.75. The lowest BCUT2D eigenvalue weighted by Gasteiger charge is -2.21. The van der Waals surface area contributed by atoms with Crippen LogP contribution in [0.25, 0.3) is 0 Å². The summed E-state index contributed by atoms with van der Waals surface area (Å²) in [5.41, 5.74) is 0.859. The van der Waals surface area contributed by atoms with Gasteiger partial charge in [-0.2, -0.15) is 0 Å². The zero-order valence-corrected chi connectivity index (χ0v) is 12.7. The maximum atomic E-state index is 12.2. The molecular weight excluding hydrogens is 294 g/mol. The van der Waals surface area contributed by atoms with E-state index in [2.05, 4.69) is 5.32 Å². The number of carbonyl (C=O) groups is 2. The van der Waals surface area contributed by atoms with Crippen molar-refractivity contribution in [2.24, 2.45) is 5.92 Å². The van der Waals surface area contributed by atoms with E-state index in [0.717, 1.165) is 5.56 Å². The molecule has 3 atom stereocenters. The molecule has 21 heavy (non-hydrogen) atoms. The van der Waals surface area contributed by atoms with Crippen LogP contribution in [0.2, 0.25) is 5.02 Å². The minimum Gasteiger partial charge on any atom is -0.480 e. The number of carboxylic acids is 1. The number of halogens is 1. The summed E-state index contributed by atoms with van der Waals surface area (Å²) in [5.74, 6) is -0.967.